The van der Waals surface area contributed by atoms with Crippen molar-refractivity contribution in [3.05, 3.63) is 71.4 Å². The molecule has 13 heteroatoms. The summed E-state index contributed by atoms with van der Waals surface area (Å²) in [6.07, 6.45) is 4.60. The van der Waals surface area contributed by atoms with Gasteiger partial charge in [-0.15, -0.1) is 0 Å². The maximum absolute atomic E-state index is 12.3. The molecule has 1 aromatic heterocycles. The van der Waals surface area contributed by atoms with E-state index in [-0.39, 0.29) is 18.5 Å². The fraction of sp³-hybridized carbons (Fsp3) is 0.387. The molecule has 2 aromatic carbocycles. The number of hydrazine groups is 2. The van der Waals surface area contributed by atoms with Crippen LogP contribution in [0.2, 0.25) is 0 Å². The average molecular weight is 604 g/mol. The first-order chi connectivity index (χ1) is 21.2. The normalized spacial score (nSPS) is 14.2. The minimum atomic E-state index is -0.761. The summed E-state index contributed by atoms with van der Waals surface area (Å²) < 4.78 is 5.51. The van der Waals surface area contributed by atoms with Crippen molar-refractivity contribution >= 4 is 41.9 Å². The second-order valence-electron chi connectivity index (χ2n) is 11.0. The van der Waals surface area contributed by atoms with Crippen LogP contribution in [0.25, 0.3) is 0 Å². The molecule has 4 N–H and O–H groups in total. The highest BCUT2D eigenvalue weighted by molar-refractivity contribution is 5.95. The van der Waals surface area contributed by atoms with Crippen molar-refractivity contribution in [2.24, 2.45) is 4.99 Å². The number of fused-ring (bicyclic) bond motifs is 1. The predicted octanol–water partition coefficient (Wildman–Crippen LogP) is 3.46. The Morgan fingerprint density at radius 2 is 1.91 bits per heavy atom. The molecule has 0 saturated heterocycles. The number of nitrogens with one attached hydrogen (secondary N) is 3. The van der Waals surface area contributed by atoms with E-state index in [4.69, 9.17) is 9.72 Å². The van der Waals surface area contributed by atoms with Gasteiger partial charge < -0.3 is 25.4 Å². The highest BCUT2D eigenvalue weighted by Gasteiger charge is 2.37. The molecule has 234 valence electrons. The Bertz CT molecular complexity index is 1450. The van der Waals surface area contributed by atoms with Gasteiger partial charge in [-0.25, -0.2) is 9.78 Å². The number of hydrogen-bond donors (Lipinski definition) is 4. The first-order valence-corrected chi connectivity index (χ1v) is 14.5. The lowest BCUT2D eigenvalue weighted by atomic mass is 9.95. The smallest absolute Gasteiger partial charge is 0.339 e. The van der Waals surface area contributed by atoms with E-state index in [9.17, 15) is 14.7 Å². The molecule has 1 aliphatic heterocycles. The van der Waals surface area contributed by atoms with Gasteiger partial charge in [0.05, 0.1) is 24.4 Å². The molecule has 1 aliphatic rings. The molecule has 2 heterocycles. The Hall–Kier alpha value is -4.75. The highest BCUT2D eigenvalue weighted by Crippen LogP contribution is 2.38. The minimum Gasteiger partial charge on any atom is -0.451 e. The van der Waals surface area contributed by atoms with Gasteiger partial charge in [-0.3, -0.25) is 20.2 Å². The molecule has 1 atom stereocenters. The second-order valence-corrected chi connectivity index (χ2v) is 11.0. The van der Waals surface area contributed by atoms with Crippen molar-refractivity contribution in [1.82, 2.24) is 25.3 Å². The van der Waals surface area contributed by atoms with Crippen molar-refractivity contribution < 1.29 is 19.4 Å². The standard InChI is InChI=1S/C31H41N9O4/c1-6-32-20-39(16-10-15-38(4)5)40(34-21-42)27-18-33-30(37-28(27)36-26(19-41)22-11-8-7-9-12-22)35-23-13-14-24-25(17-23)31(2,3)44-29(24)43/h7-9,11-14,17-18,20-21,26,41H,6,10,15-16,19H2,1-5H3,(H,34,42)(H2,33,35,36,37)/t26-/m1/s1. The molecule has 0 fully saturated rings. The monoisotopic (exact) mass is 603 g/mol. The number of ether oxygens (including phenoxy) is 1. The quantitative estimate of drug-likeness (QED) is 0.0627. The van der Waals surface area contributed by atoms with Gasteiger partial charge in [-0.05, 0) is 71.6 Å². The second kappa shape index (κ2) is 14.6. The summed E-state index contributed by atoms with van der Waals surface area (Å²) in [6.45, 7) is 7.31. The Balaban J connectivity index is 1.74. The number of amides is 1. The van der Waals surface area contributed by atoms with E-state index in [1.807, 2.05) is 71.3 Å². The summed E-state index contributed by atoms with van der Waals surface area (Å²) in [6, 6.07) is 14.3. The van der Waals surface area contributed by atoms with Crippen LogP contribution in [0.4, 0.5) is 23.1 Å². The number of aromatic nitrogens is 2. The number of carbonyl (C=O) groups is 2. The Morgan fingerprint density at radius 3 is 2.59 bits per heavy atom. The Kier molecular flexibility index (Phi) is 10.7. The van der Waals surface area contributed by atoms with Gasteiger partial charge in [0.25, 0.3) is 0 Å². The van der Waals surface area contributed by atoms with E-state index < -0.39 is 11.6 Å². The van der Waals surface area contributed by atoms with E-state index in [2.05, 4.69) is 30.9 Å². The van der Waals surface area contributed by atoms with Crippen molar-refractivity contribution in [1.29, 1.82) is 0 Å². The van der Waals surface area contributed by atoms with Gasteiger partial charge in [0, 0.05) is 24.3 Å². The zero-order valence-corrected chi connectivity index (χ0v) is 25.8. The lowest BCUT2D eigenvalue weighted by Gasteiger charge is -2.35. The third kappa shape index (κ3) is 7.79. The summed E-state index contributed by atoms with van der Waals surface area (Å²) in [7, 11) is 4.00. The van der Waals surface area contributed by atoms with Crippen molar-refractivity contribution in [2.75, 3.05) is 56.1 Å². The van der Waals surface area contributed by atoms with Gasteiger partial charge in [0.15, 0.2) is 5.82 Å². The number of nitrogens with zero attached hydrogens (tertiary/aromatic N) is 6. The van der Waals surface area contributed by atoms with E-state index in [1.54, 1.807) is 29.7 Å². The number of esters is 1. The van der Waals surface area contributed by atoms with Crippen LogP contribution in [0, 0.1) is 0 Å². The molecule has 4 rings (SSSR count). The minimum absolute atomic E-state index is 0.213. The summed E-state index contributed by atoms with van der Waals surface area (Å²) >= 11 is 0. The number of rotatable bonds is 16. The van der Waals surface area contributed by atoms with Crippen LogP contribution in [0.3, 0.4) is 0 Å². The number of anilines is 4. The third-order valence-electron chi connectivity index (χ3n) is 7.01. The van der Waals surface area contributed by atoms with Crippen LogP contribution >= 0.6 is 0 Å². The van der Waals surface area contributed by atoms with Crippen molar-refractivity contribution in [3.8, 4) is 0 Å². The van der Waals surface area contributed by atoms with Crippen LogP contribution in [0.1, 0.15) is 54.7 Å². The molecule has 0 radical (unpaired) electrons. The molecule has 1 amide bonds. The van der Waals surface area contributed by atoms with E-state index in [0.717, 1.165) is 24.1 Å². The average Bonchev–Trinajstić information content (AvgIpc) is 3.24. The largest absolute Gasteiger partial charge is 0.451 e. The molecule has 0 aliphatic carbocycles. The molecule has 0 spiro atoms. The zero-order valence-electron chi connectivity index (χ0n) is 25.8. The lowest BCUT2D eigenvalue weighted by molar-refractivity contribution is -0.110. The number of benzene rings is 2. The first-order valence-electron chi connectivity index (χ1n) is 14.5. The summed E-state index contributed by atoms with van der Waals surface area (Å²) in [4.78, 5) is 40.0. The van der Waals surface area contributed by atoms with Gasteiger partial charge in [0.1, 0.15) is 17.6 Å². The summed E-state index contributed by atoms with van der Waals surface area (Å²) in [5, 5.41) is 20.2. The van der Waals surface area contributed by atoms with E-state index >= 15 is 0 Å². The Morgan fingerprint density at radius 1 is 1.14 bits per heavy atom. The maximum atomic E-state index is 12.3. The number of aliphatic hydroxyl groups is 1. The molecule has 3 aromatic rings. The number of hydrogen-bond acceptors (Lipinski definition) is 11. The summed E-state index contributed by atoms with van der Waals surface area (Å²) in [5.74, 6) is 0.253. The van der Waals surface area contributed by atoms with Crippen LogP contribution in [-0.2, 0) is 15.1 Å². The van der Waals surface area contributed by atoms with Gasteiger partial charge >= 0.3 is 5.97 Å². The maximum Gasteiger partial charge on any atom is 0.339 e. The SMILES string of the molecule is CCN=CN(CCCN(C)C)N(NC=O)c1cnc(Nc2ccc3c(c2)C(C)(C)OC3=O)nc1N[C@H](CO)c1ccccc1. The Labute approximate surface area is 257 Å². The zero-order chi connectivity index (χ0) is 31.7. The topological polar surface area (TPSA) is 148 Å². The van der Waals surface area contributed by atoms with Crippen LogP contribution < -0.4 is 21.2 Å². The predicted molar refractivity (Wildman–Crippen MR) is 171 cm³/mol. The van der Waals surface area contributed by atoms with Crippen molar-refractivity contribution in [3.63, 3.8) is 0 Å². The first kappa shape index (κ1) is 32.2. The number of cyclic esters (lactones) is 1. The fourth-order valence-corrected chi connectivity index (χ4v) is 4.82. The van der Waals surface area contributed by atoms with Crippen LogP contribution in [0.5, 0.6) is 0 Å². The number of aliphatic hydroxyl groups excluding tert-OH is 1. The van der Waals surface area contributed by atoms with Gasteiger partial charge in [-0.1, -0.05) is 30.3 Å². The third-order valence-corrected chi connectivity index (χ3v) is 7.01. The van der Waals surface area contributed by atoms with Gasteiger partial charge in [0.2, 0.25) is 12.4 Å². The molecular formula is C31H41N9O4. The van der Waals surface area contributed by atoms with Crippen LogP contribution in [0.15, 0.2) is 59.7 Å². The molecule has 13 nitrogen and oxygen atoms in total. The molecule has 44 heavy (non-hydrogen) atoms. The molecular weight excluding hydrogens is 562 g/mol. The number of carbonyl (C=O) groups excluding carboxylic acids is 2. The number of aliphatic imine (C=N–C) groups is 1. The van der Waals surface area contributed by atoms with E-state index in [1.165, 1.54) is 5.12 Å². The molecule has 0 unspecified atom stereocenters. The summed E-state index contributed by atoms with van der Waals surface area (Å²) in [5.41, 5.74) is 5.22. The van der Waals surface area contributed by atoms with Crippen LogP contribution in [-0.4, -0.2) is 84.0 Å². The van der Waals surface area contributed by atoms with Gasteiger partial charge in [-0.2, -0.15) is 10.1 Å². The van der Waals surface area contributed by atoms with Crippen molar-refractivity contribution in [2.45, 2.75) is 38.8 Å². The van der Waals surface area contributed by atoms with E-state index in [0.29, 0.717) is 42.3 Å². The molecule has 0 bridgehead atoms. The molecule has 0 saturated carbocycles. The fourth-order valence-electron chi connectivity index (χ4n) is 4.82. The lowest BCUT2D eigenvalue weighted by Crippen LogP contribution is -2.51. The highest BCUT2D eigenvalue weighted by atomic mass is 16.6.